The van der Waals surface area contributed by atoms with Crippen LogP contribution in [0.1, 0.15) is 45.4 Å². The largest absolute Gasteiger partial charge is 0.300 e. The molecule has 0 unspecified atom stereocenters. The molecule has 0 N–H and O–H groups in total. The van der Waals surface area contributed by atoms with Gasteiger partial charge in [0, 0.05) is 12.8 Å². The van der Waals surface area contributed by atoms with Gasteiger partial charge in [-0.1, -0.05) is 0 Å². The molecule has 14 heavy (non-hydrogen) atoms. The summed E-state index contributed by atoms with van der Waals surface area (Å²) in [6.45, 7) is 3.20. The summed E-state index contributed by atoms with van der Waals surface area (Å²) in [5.41, 5.74) is 0. The Balaban J connectivity index is 1.94. The van der Waals surface area contributed by atoms with Crippen LogP contribution in [0.25, 0.3) is 0 Å². The molecule has 82 valence electrons. The highest BCUT2D eigenvalue weighted by atomic mass is 17.2. The van der Waals surface area contributed by atoms with E-state index in [0.717, 1.165) is 38.0 Å². The molecule has 0 radical (unpaired) electrons. The number of hydrogen-bond donors (Lipinski definition) is 0. The van der Waals surface area contributed by atoms with Crippen molar-refractivity contribution in [2.24, 2.45) is 5.92 Å². The van der Waals surface area contributed by atoms with Crippen LogP contribution in [0.5, 0.6) is 0 Å². The van der Waals surface area contributed by atoms with Crippen LogP contribution < -0.4 is 0 Å². The SMILES string of the molecule is CCOOCCCC1CCC(=O)CC1. The highest BCUT2D eigenvalue weighted by Crippen LogP contribution is 2.25. The Labute approximate surface area is 85.7 Å². The van der Waals surface area contributed by atoms with Crippen molar-refractivity contribution in [2.75, 3.05) is 13.2 Å². The summed E-state index contributed by atoms with van der Waals surface area (Å²) in [5, 5.41) is 0. The number of rotatable bonds is 6. The molecule has 0 amide bonds. The lowest BCUT2D eigenvalue weighted by Gasteiger charge is -2.20. The molecule has 0 saturated heterocycles. The molecule has 0 heterocycles. The van der Waals surface area contributed by atoms with Gasteiger partial charge in [0.2, 0.25) is 0 Å². The van der Waals surface area contributed by atoms with Gasteiger partial charge >= 0.3 is 0 Å². The van der Waals surface area contributed by atoms with Crippen LogP contribution in [0.2, 0.25) is 0 Å². The molecular weight excluding hydrogens is 180 g/mol. The Morgan fingerprint density at radius 2 is 2.00 bits per heavy atom. The average molecular weight is 200 g/mol. The van der Waals surface area contributed by atoms with Gasteiger partial charge in [0.15, 0.2) is 0 Å². The van der Waals surface area contributed by atoms with E-state index < -0.39 is 0 Å². The maximum Gasteiger partial charge on any atom is 0.132 e. The van der Waals surface area contributed by atoms with Crippen molar-refractivity contribution in [1.29, 1.82) is 0 Å². The number of carbonyl (C=O) groups excluding carboxylic acids is 1. The fraction of sp³-hybridized carbons (Fsp3) is 0.909. The maximum atomic E-state index is 11.0. The Morgan fingerprint density at radius 3 is 2.64 bits per heavy atom. The van der Waals surface area contributed by atoms with Crippen molar-refractivity contribution < 1.29 is 14.6 Å². The van der Waals surface area contributed by atoms with Gasteiger partial charge in [0.05, 0.1) is 13.2 Å². The molecule has 1 aliphatic carbocycles. The molecule has 0 atom stereocenters. The number of ketones is 1. The van der Waals surface area contributed by atoms with Gasteiger partial charge in [-0.05, 0) is 38.5 Å². The molecule has 3 heteroatoms. The second-order valence-electron chi connectivity index (χ2n) is 3.85. The fourth-order valence-corrected chi connectivity index (χ4v) is 1.86. The van der Waals surface area contributed by atoms with Gasteiger partial charge in [-0.15, -0.1) is 0 Å². The average Bonchev–Trinajstić information content (AvgIpc) is 2.21. The van der Waals surface area contributed by atoms with Crippen LogP contribution in [0.15, 0.2) is 0 Å². The van der Waals surface area contributed by atoms with Crippen molar-refractivity contribution in [3.05, 3.63) is 0 Å². The highest BCUT2D eigenvalue weighted by Gasteiger charge is 2.17. The van der Waals surface area contributed by atoms with Gasteiger partial charge in [0.1, 0.15) is 5.78 Å². The summed E-state index contributed by atoms with van der Waals surface area (Å²) in [6, 6.07) is 0. The van der Waals surface area contributed by atoms with E-state index in [2.05, 4.69) is 0 Å². The molecule has 0 aliphatic heterocycles. The summed E-state index contributed by atoms with van der Waals surface area (Å²) < 4.78 is 0. The van der Waals surface area contributed by atoms with Crippen LogP contribution in [0.3, 0.4) is 0 Å². The van der Waals surface area contributed by atoms with E-state index in [1.807, 2.05) is 6.92 Å². The Bertz CT molecular complexity index is 158. The van der Waals surface area contributed by atoms with Gasteiger partial charge in [-0.25, -0.2) is 9.78 Å². The van der Waals surface area contributed by atoms with Crippen LogP contribution >= 0.6 is 0 Å². The molecular formula is C11H20O3. The first-order valence-corrected chi connectivity index (χ1v) is 5.59. The Hall–Kier alpha value is -0.410. The summed E-state index contributed by atoms with van der Waals surface area (Å²) in [6.07, 6.45) is 5.94. The molecule has 1 fully saturated rings. The van der Waals surface area contributed by atoms with E-state index in [9.17, 15) is 4.79 Å². The zero-order chi connectivity index (χ0) is 10.2. The second-order valence-corrected chi connectivity index (χ2v) is 3.85. The zero-order valence-electron chi connectivity index (χ0n) is 8.96. The molecule has 0 bridgehead atoms. The molecule has 0 aromatic rings. The van der Waals surface area contributed by atoms with Crippen molar-refractivity contribution in [1.82, 2.24) is 0 Å². The third kappa shape index (κ3) is 4.72. The second kappa shape index (κ2) is 6.96. The first-order valence-electron chi connectivity index (χ1n) is 5.59. The molecule has 1 saturated carbocycles. The molecule has 0 aromatic heterocycles. The van der Waals surface area contributed by atoms with E-state index >= 15 is 0 Å². The minimum atomic E-state index is 0.437. The lowest BCUT2D eigenvalue weighted by Crippen LogP contribution is -2.14. The predicted molar refractivity (Wildman–Crippen MR) is 53.8 cm³/mol. The summed E-state index contributed by atoms with van der Waals surface area (Å²) >= 11 is 0. The Morgan fingerprint density at radius 1 is 1.29 bits per heavy atom. The van der Waals surface area contributed by atoms with E-state index in [1.54, 1.807) is 0 Å². The minimum Gasteiger partial charge on any atom is -0.300 e. The quantitative estimate of drug-likeness (QED) is 0.375. The summed E-state index contributed by atoms with van der Waals surface area (Å²) in [7, 11) is 0. The monoisotopic (exact) mass is 200 g/mol. The van der Waals surface area contributed by atoms with E-state index in [-0.39, 0.29) is 0 Å². The van der Waals surface area contributed by atoms with Crippen LogP contribution in [0, 0.1) is 5.92 Å². The van der Waals surface area contributed by atoms with Crippen LogP contribution in [-0.4, -0.2) is 19.0 Å². The predicted octanol–water partition coefficient (Wildman–Crippen LogP) is 2.49. The highest BCUT2D eigenvalue weighted by molar-refractivity contribution is 5.78. The van der Waals surface area contributed by atoms with Crippen molar-refractivity contribution in [3.63, 3.8) is 0 Å². The topological polar surface area (TPSA) is 35.5 Å². The number of Topliss-reactive ketones (excluding diaryl/α,β-unsaturated/α-hetero) is 1. The van der Waals surface area contributed by atoms with Gasteiger partial charge < -0.3 is 0 Å². The van der Waals surface area contributed by atoms with Gasteiger partial charge in [-0.3, -0.25) is 4.79 Å². The third-order valence-electron chi connectivity index (χ3n) is 2.70. The maximum absolute atomic E-state index is 11.0. The fourth-order valence-electron chi connectivity index (χ4n) is 1.86. The zero-order valence-corrected chi connectivity index (χ0v) is 8.96. The van der Waals surface area contributed by atoms with Gasteiger partial charge in [-0.2, -0.15) is 0 Å². The summed E-state index contributed by atoms with van der Waals surface area (Å²) in [5.74, 6) is 1.17. The standard InChI is InChI=1S/C11H20O3/c1-2-13-14-9-3-4-10-5-7-11(12)8-6-10/h10H,2-9H2,1H3. The summed E-state index contributed by atoms with van der Waals surface area (Å²) in [4.78, 5) is 20.7. The van der Waals surface area contributed by atoms with Crippen molar-refractivity contribution in [3.8, 4) is 0 Å². The third-order valence-corrected chi connectivity index (χ3v) is 2.70. The lowest BCUT2D eigenvalue weighted by atomic mass is 9.85. The molecule has 1 rings (SSSR count). The van der Waals surface area contributed by atoms with Crippen molar-refractivity contribution in [2.45, 2.75) is 45.4 Å². The van der Waals surface area contributed by atoms with E-state index in [0.29, 0.717) is 19.0 Å². The minimum absolute atomic E-state index is 0.437. The van der Waals surface area contributed by atoms with Crippen LogP contribution in [0.4, 0.5) is 0 Å². The number of carbonyl (C=O) groups is 1. The number of hydrogen-bond acceptors (Lipinski definition) is 3. The van der Waals surface area contributed by atoms with E-state index in [1.165, 1.54) is 6.42 Å². The first-order chi connectivity index (χ1) is 6.83. The molecule has 0 aromatic carbocycles. The molecule has 1 aliphatic rings. The van der Waals surface area contributed by atoms with Crippen molar-refractivity contribution >= 4 is 5.78 Å². The lowest BCUT2D eigenvalue weighted by molar-refractivity contribution is -0.291. The van der Waals surface area contributed by atoms with Gasteiger partial charge in [0.25, 0.3) is 0 Å². The Kier molecular flexibility index (Phi) is 5.80. The first kappa shape index (κ1) is 11.7. The smallest absolute Gasteiger partial charge is 0.132 e. The van der Waals surface area contributed by atoms with E-state index in [4.69, 9.17) is 9.78 Å². The molecule has 0 spiro atoms. The normalized spacial score (nSPS) is 18.8. The molecule has 3 nitrogen and oxygen atoms in total. The van der Waals surface area contributed by atoms with Crippen LogP contribution in [-0.2, 0) is 14.6 Å².